The lowest BCUT2D eigenvalue weighted by molar-refractivity contribution is -0.0931. The van der Waals surface area contributed by atoms with E-state index in [4.69, 9.17) is 28.7 Å². The molecule has 0 radical (unpaired) electrons. The van der Waals surface area contributed by atoms with Gasteiger partial charge in [0.15, 0.2) is 17.0 Å². The molecule has 0 saturated carbocycles. The van der Waals surface area contributed by atoms with Crippen molar-refractivity contribution in [3.8, 4) is 11.5 Å². The largest absolute Gasteiger partial charge is 0.497 e. The number of imidazole rings is 1. The first-order chi connectivity index (χ1) is 24.0. The van der Waals surface area contributed by atoms with Crippen LogP contribution in [0.1, 0.15) is 36.3 Å². The maximum Gasteiger partial charge on any atom is 0.185 e. The second kappa shape index (κ2) is 14.3. The highest BCUT2D eigenvalue weighted by atomic mass is 16.6. The van der Waals surface area contributed by atoms with Crippen LogP contribution in [0.4, 0.5) is 5.82 Å². The first-order valence-corrected chi connectivity index (χ1v) is 16.4. The van der Waals surface area contributed by atoms with Crippen molar-refractivity contribution >= 4 is 22.8 Å². The second-order valence-electron chi connectivity index (χ2n) is 12.0. The van der Waals surface area contributed by atoms with Crippen LogP contribution in [0, 0.1) is 0 Å². The second-order valence-corrected chi connectivity index (χ2v) is 12.0. The standard InChI is InChI=1S/C37H40N6O6/c1-25(42-17-19-47-20-18-42)41-35-34-36(39-23-38-35)43(24-40-34)33-21-31(44)32(49-33)22-48-37(26-7-5-4-6-8-26,27-9-13-29(45-2)14-10-27)28-11-15-30(46-3)16-12-28/h4-16,23-24,31-33,44H,17-22H2,1-3H3/b41-25-/t31-,32-,33-/m1/s1. The molecule has 0 spiro atoms. The molecule has 0 amide bonds. The third kappa shape index (κ3) is 6.47. The van der Waals surface area contributed by atoms with E-state index in [-0.39, 0.29) is 6.61 Å². The van der Waals surface area contributed by atoms with Crippen molar-refractivity contribution in [2.24, 2.45) is 4.99 Å². The Balaban J connectivity index is 1.18. The number of aliphatic hydroxyl groups excluding tert-OH is 1. The number of aliphatic hydroxyl groups is 1. The number of fused-ring (bicyclic) bond motifs is 1. The van der Waals surface area contributed by atoms with Crippen LogP contribution in [0.3, 0.4) is 0 Å². The van der Waals surface area contributed by atoms with Gasteiger partial charge in [0, 0.05) is 19.5 Å². The minimum atomic E-state index is -1.04. The lowest BCUT2D eigenvalue weighted by Crippen LogP contribution is -2.39. The smallest absolute Gasteiger partial charge is 0.185 e. The van der Waals surface area contributed by atoms with Crippen LogP contribution >= 0.6 is 0 Å². The zero-order chi connectivity index (χ0) is 33.8. The molecule has 3 atom stereocenters. The summed E-state index contributed by atoms with van der Waals surface area (Å²) in [5, 5.41) is 11.4. The summed E-state index contributed by atoms with van der Waals surface area (Å²) in [6, 6.07) is 25.7. The van der Waals surface area contributed by atoms with E-state index in [1.807, 2.05) is 90.4 Å². The zero-order valence-corrected chi connectivity index (χ0v) is 27.8. The zero-order valence-electron chi connectivity index (χ0n) is 27.8. The van der Waals surface area contributed by atoms with Crippen LogP contribution < -0.4 is 9.47 Å². The van der Waals surface area contributed by atoms with Gasteiger partial charge < -0.3 is 33.7 Å². The van der Waals surface area contributed by atoms with E-state index in [9.17, 15) is 5.11 Å². The average Bonchev–Trinajstić information content (AvgIpc) is 3.76. The van der Waals surface area contributed by atoms with Crippen LogP contribution in [0.25, 0.3) is 11.2 Å². The van der Waals surface area contributed by atoms with E-state index >= 15 is 0 Å². The summed E-state index contributed by atoms with van der Waals surface area (Å²) in [5.74, 6) is 2.80. The fourth-order valence-electron chi connectivity index (χ4n) is 6.56. The number of hydrogen-bond donors (Lipinski definition) is 1. The molecule has 1 N–H and O–H groups in total. The van der Waals surface area contributed by atoms with Gasteiger partial charge in [0.05, 0.1) is 46.5 Å². The maximum atomic E-state index is 11.4. The summed E-state index contributed by atoms with van der Waals surface area (Å²) in [6.45, 7) is 4.94. The summed E-state index contributed by atoms with van der Waals surface area (Å²) in [7, 11) is 3.29. The van der Waals surface area contributed by atoms with Crippen molar-refractivity contribution in [2.45, 2.75) is 37.4 Å². The van der Waals surface area contributed by atoms with E-state index < -0.39 is 24.0 Å². The Labute approximate surface area is 284 Å². The minimum absolute atomic E-state index is 0.0977. The molecule has 49 heavy (non-hydrogen) atoms. The van der Waals surface area contributed by atoms with Crippen molar-refractivity contribution in [1.82, 2.24) is 24.4 Å². The predicted octanol–water partition coefficient (Wildman–Crippen LogP) is 4.88. The van der Waals surface area contributed by atoms with Crippen LogP contribution in [0.15, 0.2) is 96.5 Å². The van der Waals surface area contributed by atoms with Gasteiger partial charge in [-0.15, -0.1) is 0 Å². The number of benzene rings is 3. The third-order valence-corrected chi connectivity index (χ3v) is 9.23. The molecule has 7 rings (SSSR count). The molecule has 2 aliphatic heterocycles. The van der Waals surface area contributed by atoms with Gasteiger partial charge in [0.25, 0.3) is 0 Å². The van der Waals surface area contributed by atoms with Crippen LogP contribution in [0.5, 0.6) is 11.5 Å². The molecule has 12 nitrogen and oxygen atoms in total. The van der Waals surface area contributed by atoms with Gasteiger partial charge in [-0.25, -0.2) is 19.9 Å². The van der Waals surface area contributed by atoms with E-state index in [1.54, 1.807) is 20.5 Å². The molecule has 2 aromatic heterocycles. The van der Waals surface area contributed by atoms with Crippen molar-refractivity contribution in [1.29, 1.82) is 0 Å². The van der Waals surface area contributed by atoms with Gasteiger partial charge in [-0.1, -0.05) is 54.6 Å². The Morgan fingerprint density at radius 3 is 2.14 bits per heavy atom. The third-order valence-electron chi connectivity index (χ3n) is 9.23. The number of aromatic nitrogens is 4. The van der Waals surface area contributed by atoms with E-state index in [2.05, 4.69) is 19.9 Å². The molecule has 0 bridgehead atoms. The van der Waals surface area contributed by atoms with E-state index in [0.29, 0.717) is 36.6 Å². The highest BCUT2D eigenvalue weighted by Gasteiger charge is 2.42. The number of ether oxygens (including phenoxy) is 5. The number of methoxy groups -OCH3 is 2. The number of morpholine rings is 1. The van der Waals surface area contributed by atoms with Crippen LogP contribution in [-0.2, 0) is 19.8 Å². The molecule has 0 aliphatic carbocycles. The topological polar surface area (TPSA) is 126 Å². The number of hydrogen-bond acceptors (Lipinski definition) is 10. The number of nitrogens with zero attached hydrogens (tertiary/aromatic N) is 6. The first-order valence-electron chi connectivity index (χ1n) is 16.4. The molecule has 2 fully saturated rings. The van der Waals surface area contributed by atoms with Gasteiger partial charge >= 0.3 is 0 Å². The fourth-order valence-corrected chi connectivity index (χ4v) is 6.56. The highest BCUT2D eigenvalue weighted by Crippen LogP contribution is 2.43. The van der Waals surface area contributed by atoms with Gasteiger partial charge in [-0.05, 0) is 47.9 Å². The molecular formula is C37H40N6O6. The van der Waals surface area contributed by atoms with Crippen molar-refractivity contribution < 1.29 is 28.8 Å². The lowest BCUT2D eigenvalue weighted by Gasteiger charge is -2.37. The van der Waals surface area contributed by atoms with Crippen LogP contribution in [-0.4, -0.2) is 94.7 Å². The number of rotatable bonds is 10. The average molecular weight is 665 g/mol. The summed E-state index contributed by atoms with van der Waals surface area (Å²) in [4.78, 5) is 20.5. The van der Waals surface area contributed by atoms with Gasteiger partial charge in [-0.3, -0.25) is 4.57 Å². The van der Waals surface area contributed by atoms with Gasteiger partial charge in [-0.2, -0.15) is 0 Å². The van der Waals surface area contributed by atoms with Gasteiger partial charge in [0.1, 0.15) is 41.6 Å². The summed E-state index contributed by atoms with van der Waals surface area (Å²) in [5.41, 5.74) is 2.82. The molecule has 12 heteroatoms. The maximum absolute atomic E-state index is 11.4. The van der Waals surface area contributed by atoms with Crippen molar-refractivity contribution in [3.05, 3.63) is 108 Å². The summed E-state index contributed by atoms with van der Waals surface area (Å²) >= 11 is 0. The fraction of sp³-hybridized carbons (Fsp3) is 0.351. The molecular weight excluding hydrogens is 624 g/mol. The van der Waals surface area contributed by atoms with E-state index in [1.165, 1.54) is 6.33 Å². The Kier molecular flexibility index (Phi) is 9.54. The SMILES string of the molecule is COc1ccc(C(OC[C@H]2O[C@@H](n3cnc4c(/N=C(/C)N5CCOCC5)ncnc43)C[C@H]2O)(c2ccccc2)c2ccc(OC)cc2)cc1. The van der Waals surface area contributed by atoms with Crippen molar-refractivity contribution in [2.75, 3.05) is 47.1 Å². The number of aliphatic imine (C=N–C) groups is 1. The molecule has 2 aliphatic rings. The molecule has 4 heterocycles. The highest BCUT2D eigenvalue weighted by molar-refractivity contribution is 5.88. The lowest BCUT2D eigenvalue weighted by atomic mass is 9.80. The Bertz CT molecular complexity index is 1830. The minimum Gasteiger partial charge on any atom is -0.497 e. The Morgan fingerprint density at radius 2 is 1.51 bits per heavy atom. The van der Waals surface area contributed by atoms with Crippen molar-refractivity contribution in [3.63, 3.8) is 0 Å². The molecule has 3 aromatic carbocycles. The van der Waals surface area contributed by atoms with E-state index in [0.717, 1.165) is 47.1 Å². The normalized spacial score (nSPS) is 20.1. The molecule has 254 valence electrons. The quantitative estimate of drug-likeness (QED) is 0.125. The first kappa shape index (κ1) is 32.7. The van der Waals surface area contributed by atoms with Crippen LogP contribution in [0.2, 0.25) is 0 Å². The monoisotopic (exact) mass is 664 g/mol. The Morgan fingerprint density at radius 1 is 0.878 bits per heavy atom. The summed E-state index contributed by atoms with van der Waals surface area (Å²) in [6.07, 6.45) is 1.53. The molecule has 0 unspecified atom stereocenters. The molecule has 2 saturated heterocycles. The summed E-state index contributed by atoms with van der Waals surface area (Å²) < 4.78 is 31.8. The molecule has 5 aromatic rings. The number of amidine groups is 1. The van der Waals surface area contributed by atoms with Gasteiger partial charge in [0.2, 0.25) is 0 Å². The Hall–Kier alpha value is -4.88. The predicted molar refractivity (Wildman–Crippen MR) is 183 cm³/mol.